The number of hydrogen-bond acceptors (Lipinski definition) is 5. The first kappa shape index (κ1) is 15.5. The summed E-state index contributed by atoms with van der Waals surface area (Å²) >= 11 is 0. The van der Waals surface area contributed by atoms with E-state index in [2.05, 4.69) is 9.57 Å². The minimum Gasteiger partial charge on any atom is -0.477 e. The molecule has 0 aromatic heterocycles. The van der Waals surface area contributed by atoms with Crippen LogP contribution in [0.25, 0.3) is 0 Å². The fourth-order valence-electron chi connectivity index (χ4n) is 0.978. The summed E-state index contributed by atoms with van der Waals surface area (Å²) in [6, 6.07) is 0. The number of carboxylic acid groups (broad SMARTS) is 1. The highest BCUT2D eigenvalue weighted by Gasteiger charge is 2.53. The van der Waals surface area contributed by atoms with Crippen molar-refractivity contribution in [3.8, 4) is 0 Å². The van der Waals surface area contributed by atoms with Crippen LogP contribution in [0.4, 0.5) is 26.3 Å². The van der Waals surface area contributed by atoms with Crippen LogP contribution in [-0.4, -0.2) is 41.6 Å². The molecule has 0 radical (unpaired) electrons. The predicted molar refractivity (Wildman–Crippen MR) is 43.6 cm³/mol. The largest absolute Gasteiger partial charge is 0.527 e. The predicted octanol–water partition coefficient (Wildman–Crippen LogP) is 1.13. The van der Waals surface area contributed by atoms with Gasteiger partial charge in [-0.2, -0.15) is 8.78 Å². The van der Waals surface area contributed by atoms with E-state index in [0.717, 1.165) is 6.08 Å². The van der Waals surface area contributed by atoms with Crippen molar-refractivity contribution >= 4 is 5.97 Å². The number of nitrogens with zero attached hydrogens (tertiary/aromatic N) is 1. The van der Waals surface area contributed by atoms with Gasteiger partial charge in [0.05, 0.1) is 6.54 Å². The minimum absolute atomic E-state index is 0.182. The molecule has 1 aliphatic rings. The molecule has 0 fully saturated rings. The van der Waals surface area contributed by atoms with Gasteiger partial charge in [-0.25, -0.2) is 18.8 Å². The van der Waals surface area contributed by atoms with Crippen molar-refractivity contribution in [3.63, 3.8) is 0 Å². The Morgan fingerprint density at radius 2 is 2.00 bits per heavy atom. The normalized spacial score (nSPS) is 18.9. The summed E-state index contributed by atoms with van der Waals surface area (Å²) in [5.41, 5.74) is 1.31. The molecule has 1 heterocycles. The second kappa shape index (κ2) is 5.22. The summed E-state index contributed by atoms with van der Waals surface area (Å²) in [7, 11) is 0. The third kappa shape index (κ3) is 4.57. The number of hydrogen-bond donors (Lipinski definition) is 2. The number of carbonyl (C=O) groups is 1. The topological polar surface area (TPSA) is 71.0 Å². The van der Waals surface area contributed by atoms with Crippen molar-refractivity contribution in [2.45, 2.75) is 18.8 Å². The average molecular weight is 296 g/mol. The maximum absolute atomic E-state index is 12.8. The Kier molecular flexibility index (Phi) is 4.27. The second-order valence-electron chi connectivity index (χ2n) is 3.13. The zero-order valence-corrected chi connectivity index (χ0v) is 8.75. The lowest BCUT2D eigenvalue weighted by molar-refractivity contribution is -0.471. The first-order valence-corrected chi connectivity index (χ1v) is 4.44. The lowest BCUT2D eigenvalue weighted by atomic mass is 10.4. The fraction of sp³-hybridized carbons (Fsp3) is 0.571. The summed E-state index contributed by atoms with van der Waals surface area (Å²) < 4.78 is 74.9. The molecule has 0 aromatic carbocycles. The van der Waals surface area contributed by atoms with Gasteiger partial charge in [0.2, 0.25) is 0 Å². The Bertz CT molecular complexity index is 384. The number of carboxylic acids is 1. The van der Waals surface area contributed by atoms with Crippen molar-refractivity contribution in [2.24, 2.45) is 0 Å². The van der Waals surface area contributed by atoms with E-state index in [1.807, 2.05) is 5.43 Å². The van der Waals surface area contributed by atoms with Crippen LogP contribution in [0.3, 0.4) is 0 Å². The molecule has 6 nitrogen and oxygen atoms in total. The van der Waals surface area contributed by atoms with Gasteiger partial charge in [-0.1, -0.05) is 5.17 Å². The molecule has 19 heavy (non-hydrogen) atoms. The Labute approximate surface area is 101 Å². The highest BCUT2D eigenvalue weighted by molar-refractivity contribution is 5.86. The number of hydroxylamine groups is 1. The molecule has 12 heteroatoms. The molecular weight excluding hydrogens is 290 g/mol. The van der Waals surface area contributed by atoms with Crippen molar-refractivity contribution in [1.29, 1.82) is 0 Å². The van der Waals surface area contributed by atoms with Crippen LogP contribution in [-0.2, 0) is 14.4 Å². The van der Waals surface area contributed by atoms with Crippen LogP contribution in [0.1, 0.15) is 0 Å². The summed E-state index contributed by atoms with van der Waals surface area (Å²) in [5.74, 6) is -1.49. The Balaban J connectivity index is 2.52. The molecule has 0 bridgehead atoms. The average Bonchev–Trinajstić information content (AvgIpc) is 2.62. The van der Waals surface area contributed by atoms with Crippen LogP contribution in [0.5, 0.6) is 0 Å². The number of aliphatic carboxylic acids is 1. The molecule has 1 unspecified atom stereocenters. The Morgan fingerprint density at radius 1 is 1.42 bits per heavy atom. The molecule has 0 saturated carbocycles. The van der Waals surface area contributed by atoms with E-state index in [1.165, 1.54) is 0 Å². The highest BCUT2D eigenvalue weighted by atomic mass is 19.4. The zero-order chi connectivity index (χ0) is 14.8. The first-order chi connectivity index (χ1) is 8.51. The molecule has 1 rings (SSSR count). The van der Waals surface area contributed by atoms with Crippen molar-refractivity contribution in [2.75, 3.05) is 6.54 Å². The van der Waals surface area contributed by atoms with Gasteiger partial charge in [0.25, 0.3) is 0 Å². The molecule has 1 aliphatic heterocycles. The fourth-order valence-corrected chi connectivity index (χ4v) is 0.978. The molecule has 2 N–H and O–H groups in total. The molecule has 0 spiro atoms. The van der Waals surface area contributed by atoms with E-state index in [4.69, 9.17) is 5.11 Å². The summed E-state index contributed by atoms with van der Waals surface area (Å²) in [4.78, 5) is 14.2. The van der Waals surface area contributed by atoms with Gasteiger partial charge in [-0.05, 0) is 6.08 Å². The lowest BCUT2D eigenvalue weighted by Gasteiger charge is -2.25. The van der Waals surface area contributed by atoms with Gasteiger partial charge in [-0.15, -0.1) is 13.2 Å². The van der Waals surface area contributed by atoms with Crippen LogP contribution in [0.15, 0.2) is 11.8 Å². The van der Waals surface area contributed by atoms with Gasteiger partial charge >= 0.3 is 24.8 Å². The van der Waals surface area contributed by atoms with E-state index < -0.39 is 37.0 Å². The van der Waals surface area contributed by atoms with Gasteiger partial charge in [0, 0.05) is 0 Å². The molecule has 110 valence electrons. The van der Waals surface area contributed by atoms with E-state index in [1.54, 1.807) is 0 Å². The number of hydrazine groups is 1. The monoisotopic (exact) mass is 296 g/mol. The van der Waals surface area contributed by atoms with Gasteiger partial charge < -0.3 is 5.11 Å². The third-order valence-electron chi connectivity index (χ3n) is 1.67. The summed E-state index contributed by atoms with van der Waals surface area (Å²) in [5, 5.41) is 8.63. The Hall–Kier alpha value is -1.53. The van der Waals surface area contributed by atoms with Gasteiger partial charge in [-0.3, -0.25) is 5.43 Å². The molecule has 0 amide bonds. The quantitative estimate of drug-likeness (QED) is 0.741. The van der Waals surface area contributed by atoms with Crippen molar-refractivity contribution in [1.82, 2.24) is 10.6 Å². The van der Waals surface area contributed by atoms with Crippen LogP contribution >= 0.6 is 0 Å². The van der Waals surface area contributed by atoms with Gasteiger partial charge in [0.15, 0.2) is 0 Å². The van der Waals surface area contributed by atoms with E-state index in [9.17, 15) is 31.1 Å². The smallest absolute Gasteiger partial charge is 0.477 e. The number of nitrogens with one attached hydrogen (secondary N) is 1. The number of rotatable bonds is 5. The third-order valence-corrected chi connectivity index (χ3v) is 1.67. The van der Waals surface area contributed by atoms with E-state index >= 15 is 0 Å². The van der Waals surface area contributed by atoms with Crippen molar-refractivity contribution < 1.29 is 45.8 Å². The molecule has 0 aromatic rings. The lowest BCUT2D eigenvalue weighted by Crippen LogP contribution is -2.45. The summed E-state index contributed by atoms with van der Waals surface area (Å²) in [6.07, 6.45) is -13.9. The van der Waals surface area contributed by atoms with Crippen molar-refractivity contribution in [3.05, 3.63) is 11.8 Å². The number of ether oxygens (including phenoxy) is 1. The second-order valence-corrected chi connectivity index (χ2v) is 3.13. The van der Waals surface area contributed by atoms with Crippen LogP contribution in [0.2, 0.25) is 0 Å². The van der Waals surface area contributed by atoms with Crippen LogP contribution < -0.4 is 5.43 Å². The van der Waals surface area contributed by atoms with E-state index in [-0.39, 0.29) is 5.17 Å². The molecule has 1 atom stereocenters. The maximum atomic E-state index is 12.8. The van der Waals surface area contributed by atoms with E-state index in [0.29, 0.717) is 0 Å². The SMILES string of the molecule is O=C(O)C1=CCN(OC(F)C(F)(F)OC(F)(F)F)N1. The highest BCUT2D eigenvalue weighted by Crippen LogP contribution is 2.32. The summed E-state index contributed by atoms with van der Waals surface area (Å²) in [6.45, 7) is -0.468. The zero-order valence-electron chi connectivity index (χ0n) is 8.75. The first-order valence-electron chi connectivity index (χ1n) is 4.44. The standard InChI is InChI=1S/C7H6F6N2O4/c8-5(6(9,10)19-7(11,12)13)18-15-2-1-3(14-15)4(16)17/h1,5,14H,2H2,(H,16,17). The Morgan fingerprint density at radius 3 is 2.42 bits per heavy atom. The molecular formula is C7H6F6N2O4. The number of alkyl halides is 6. The minimum atomic E-state index is -5.76. The molecule has 0 saturated heterocycles. The van der Waals surface area contributed by atoms with Gasteiger partial charge in [0.1, 0.15) is 5.70 Å². The number of halogens is 6. The van der Waals surface area contributed by atoms with Crippen LogP contribution in [0, 0.1) is 0 Å². The maximum Gasteiger partial charge on any atom is 0.527 e. The molecule has 0 aliphatic carbocycles.